The lowest BCUT2D eigenvalue weighted by molar-refractivity contribution is 0.402. The predicted octanol–water partition coefficient (Wildman–Crippen LogP) is 2.76. The standard InChI is InChI=1S/C13H15NO/c14-10-11-6-8-13(9-7-11)15-12-4-2-1-3-5-12/h1-2,4,6-9H,3,5,10,14H2. The highest BCUT2D eigenvalue weighted by Gasteiger charge is 2.02. The van der Waals surface area contributed by atoms with Gasteiger partial charge in [-0.3, -0.25) is 0 Å². The van der Waals surface area contributed by atoms with E-state index in [1.54, 1.807) is 0 Å². The van der Waals surface area contributed by atoms with Crippen LogP contribution in [0.15, 0.2) is 48.3 Å². The Kier molecular flexibility index (Phi) is 3.20. The first-order valence-corrected chi connectivity index (χ1v) is 5.21. The largest absolute Gasteiger partial charge is 0.462 e. The van der Waals surface area contributed by atoms with Crippen molar-refractivity contribution in [3.63, 3.8) is 0 Å². The molecule has 0 unspecified atom stereocenters. The highest BCUT2D eigenvalue weighted by Crippen LogP contribution is 2.19. The van der Waals surface area contributed by atoms with Gasteiger partial charge in [-0.2, -0.15) is 0 Å². The number of hydrogen-bond donors (Lipinski definition) is 1. The summed E-state index contributed by atoms with van der Waals surface area (Å²) >= 11 is 0. The quantitative estimate of drug-likeness (QED) is 0.816. The van der Waals surface area contributed by atoms with E-state index in [2.05, 4.69) is 6.08 Å². The van der Waals surface area contributed by atoms with Crippen LogP contribution < -0.4 is 10.5 Å². The normalized spacial score (nSPS) is 14.9. The van der Waals surface area contributed by atoms with Crippen molar-refractivity contribution < 1.29 is 4.74 Å². The molecule has 0 saturated carbocycles. The van der Waals surface area contributed by atoms with Crippen LogP contribution in [0.25, 0.3) is 0 Å². The monoisotopic (exact) mass is 201 g/mol. The van der Waals surface area contributed by atoms with Crippen molar-refractivity contribution in [3.05, 3.63) is 53.8 Å². The summed E-state index contributed by atoms with van der Waals surface area (Å²) < 4.78 is 5.72. The number of benzene rings is 1. The van der Waals surface area contributed by atoms with Crippen molar-refractivity contribution >= 4 is 0 Å². The predicted molar refractivity (Wildman–Crippen MR) is 61.4 cm³/mol. The highest BCUT2D eigenvalue weighted by atomic mass is 16.5. The molecule has 0 radical (unpaired) electrons. The third-order valence-corrected chi connectivity index (χ3v) is 2.38. The van der Waals surface area contributed by atoms with Gasteiger partial charge < -0.3 is 10.5 Å². The molecule has 15 heavy (non-hydrogen) atoms. The Morgan fingerprint density at radius 2 is 2.00 bits per heavy atom. The van der Waals surface area contributed by atoms with Crippen LogP contribution in [0.5, 0.6) is 5.75 Å². The van der Waals surface area contributed by atoms with Crippen LogP contribution in [0.3, 0.4) is 0 Å². The lowest BCUT2D eigenvalue weighted by Gasteiger charge is -2.11. The molecule has 2 rings (SSSR count). The van der Waals surface area contributed by atoms with Gasteiger partial charge in [0, 0.05) is 13.0 Å². The Labute approximate surface area is 90.1 Å². The molecule has 1 aromatic rings. The summed E-state index contributed by atoms with van der Waals surface area (Å²) in [5.74, 6) is 1.91. The fourth-order valence-electron chi connectivity index (χ4n) is 1.51. The second-order valence-corrected chi connectivity index (χ2v) is 3.55. The van der Waals surface area contributed by atoms with Gasteiger partial charge in [0.2, 0.25) is 0 Å². The Morgan fingerprint density at radius 1 is 1.20 bits per heavy atom. The maximum absolute atomic E-state index is 5.72. The Morgan fingerprint density at radius 3 is 2.60 bits per heavy atom. The Bertz CT molecular complexity index is 376. The molecule has 1 aliphatic rings. The second kappa shape index (κ2) is 4.80. The van der Waals surface area contributed by atoms with E-state index < -0.39 is 0 Å². The van der Waals surface area contributed by atoms with Gasteiger partial charge in [0.1, 0.15) is 11.5 Å². The zero-order valence-electron chi connectivity index (χ0n) is 8.65. The smallest absolute Gasteiger partial charge is 0.126 e. The summed E-state index contributed by atoms with van der Waals surface area (Å²) in [4.78, 5) is 0. The molecule has 0 atom stereocenters. The van der Waals surface area contributed by atoms with E-state index in [4.69, 9.17) is 10.5 Å². The number of allylic oxidation sites excluding steroid dienone is 4. The molecule has 0 aliphatic heterocycles. The molecular weight excluding hydrogens is 186 g/mol. The van der Waals surface area contributed by atoms with E-state index >= 15 is 0 Å². The first-order chi connectivity index (χ1) is 7.38. The van der Waals surface area contributed by atoms with Crippen LogP contribution >= 0.6 is 0 Å². The third-order valence-electron chi connectivity index (χ3n) is 2.38. The Balaban J connectivity index is 2.04. The van der Waals surface area contributed by atoms with Gasteiger partial charge in [-0.25, -0.2) is 0 Å². The van der Waals surface area contributed by atoms with Crippen LogP contribution in [-0.4, -0.2) is 0 Å². The van der Waals surface area contributed by atoms with Gasteiger partial charge in [0.15, 0.2) is 0 Å². The maximum atomic E-state index is 5.72. The van der Waals surface area contributed by atoms with Crippen molar-refractivity contribution in [2.45, 2.75) is 19.4 Å². The molecule has 0 amide bonds. The minimum absolute atomic E-state index is 0.575. The topological polar surface area (TPSA) is 35.2 Å². The molecule has 78 valence electrons. The molecule has 2 heteroatoms. The van der Waals surface area contributed by atoms with Gasteiger partial charge in [-0.15, -0.1) is 0 Å². The van der Waals surface area contributed by atoms with Gasteiger partial charge in [0.05, 0.1) is 0 Å². The number of rotatable bonds is 3. The zero-order chi connectivity index (χ0) is 10.5. The van der Waals surface area contributed by atoms with Crippen LogP contribution in [0.4, 0.5) is 0 Å². The van der Waals surface area contributed by atoms with E-state index in [1.165, 1.54) is 0 Å². The minimum Gasteiger partial charge on any atom is -0.462 e. The van der Waals surface area contributed by atoms with E-state index in [9.17, 15) is 0 Å². The number of nitrogens with two attached hydrogens (primary N) is 1. The lowest BCUT2D eigenvalue weighted by atomic mass is 10.1. The summed E-state index contributed by atoms with van der Waals surface area (Å²) in [5, 5.41) is 0. The molecule has 2 N–H and O–H groups in total. The van der Waals surface area contributed by atoms with Gasteiger partial charge in [-0.05, 0) is 30.2 Å². The lowest BCUT2D eigenvalue weighted by Crippen LogP contribution is -1.98. The average molecular weight is 201 g/mol. The zero-order valence-corrected chi connectivity index (χ0v) is 8.65. The Hall–Kier alpha value is -1.54. The van der Waals surface area contributed by atoms with E-state index in [-0.39, 0.29) is 0 Å². The first kappa shape index (κ1) is 9.99. The van der Waals surface area contributed by atoms with E-state index in [1.807, 2.05) is 36.4 Å². The second-order valence-electron chi connectivity index (χ2n) is 3.55. The molecule has 0 spiro atoms. The minimum atomic E-state index is 0.575. The van der Waals surface area contributed by atoms with Crippen LogP contribution in [-0.2, 0) is 6.54 Å². The van der Waals surface area contributed by atoms with Crippen molar-refractivity contribution in [1.29, 1.82) is 0 Å². The molecule has 2 nitrogen and oxygen atoms in total. The molecule has 0 saturated heterocycles. The molecule has 0 fully saturated rings. The molecule has 0 bridgehead atoms. The van der Waals surface area contributed by atoms with Crippen LogP contribution in [0.2, 0.25) is 0 Å². The fourth-order valence-corrected chi connectivity index (χ4v) is 1.51. The van der Waals surface area contributed by atoms with Gasteiger partial charge in [0.25, 0.3) is 0 Å². The fraction of sp³-hybridized carbons (Fsp3) is 0.231. The van der Waals surface area contributed by atoms with Crippen molar-refractivity contribution in [3.8, 4) is 5.75 Å². The van der Waals surface area contributed by atoms with Crippen molar-refractivity contribution in [2.75, 3.05) is 0 Å². The third kappa shape index (κ3) is 2.70. The number of ether oxygens (including phenoxy) is 1. The van der Waals surface area contributed by atoms with Crippen LogP contribution in [0.1, 0.15) is 18.4 Å². The van der Waals surface area contributed by atoms with Crippen molar-refractivity contribution in [1.82, 2.24) is 0 Å². The van der Waals surface area contributed by atoms with Crippen molar-refractivity contribution in [2.24, 2.45) is 5.73 Å². The molecule has 1 aliphatic carbocycles. The summed E-state index contributed by atoms with van der Waals surface area (Å²) in [6, 6.07) is 7.91. The van der Waals surface area contributed by atoms with E-state index in [0.717, 1.165) is 29.9 Å². The van der Waals surface area contributed by atoms with E-state index in [0.29, 0.717) is 6.54 Å². The summed E-state index contributed by atoms with van der Waals surface area (Å²) in [5.41, 5.74) is 6.65. The SMILES string of the molecule is NCc1ccc(OC2=CC=CCC2)cc1. The molecule has 0 aromatic heterocycles. The summed E-state index contributed by atoms with van der Waals surface area (Å²) in [7, 11) is 0. The molecule has 0 heterocycles. The van der Waals surface area contributed by atoms with Gasteiger partial charge in [-0.1, -0.05) is 24.3 Å². The average Bonchev–Trinajstić information content (AvgIpc) is 2.31. The first-order valence-electron chi connectivity index (χ1n) is 5.21. The summed E-state index contributed by atoms with van der Waals surface area (Å²) in [6.45, 7) is 0.575. The molecule has 1 aromatic carbocycles. The van der Waals surface area contributed by atoms with Crippen LogP contribution in [0, 0.1) is 0 Å². The summed E-state index contributed by atoms with van der Waals surface area (Å²) in [6.07, 6.45) is 8.24. The maximum Gasteiger partial charge on any atom is 0.126 e. The highest BCUT2D eigenvalue weighted by molar-refractivity contribution is 5.29. The molecular formula is C13H15NO. The van der Waals surface area contributed by atoms with Gasteiger partial charge >= 0.3 is 0 Å². The number of hydrogen-bond acceptors (Lipinski definition) is 2.